The summed E-state index contributed by atoms with van der Waals surface area (Å²) in [5.41, 5.74) is -1.07. The second-order valence-corrected chi connectivity index (χ2v) is 10.6. The molecule has 2 aromatic rings. The van der Waals surface area contributed by atoms with Crippen LogP contribution in [0, 0.1) is 11.8 Å². The summed E-state index contributed by atoms with van der Waals surface area (Å²) in [7, 11) is 1.28. The van der Waals surface area contributed by atoms with Gasteiger partial charge in [0.25, 0.3) is 0 Å². The zero-order valence-electron chi connectivity index (χ0n) is 20.7. The minimum Gasteiger partial charge on any atom is -0.507 e. The van der Waals surface area contributed by atoms with Crippen LogP contribution in [0.3, 0.4) is 0 Å². The van der Waals surface area contributed by atoms with Gasteiger partial charge in [0.2, 0.25) is 0 Å². The van der Waals surface area contributed by atoms with Gasteiger partial charge in [0.05, 0.1) is 7.11 Å². The predicted octanol–water partition coefficient (Wildman–Crippen LogP) is 5.95. The van der Waals surface area contributed by atoms with Gasteiger partial charge in [0.15, 0.2) is 5.78 Å². The van der Waals surface area contributed by atoms with E-state index < -0.39 is 23.4 Å². The Balaban J connectivity index is 1.53. The molecule has 0 aliphatic heterocycles. The molecular weight excluding hydrogens is 466 g/mol. The Kier molecular flexibility index (Phi) is 9.72. The molecule has 2 unspecified atom stereocenters. The number of rotatable bonds is 13. The van der Waals surface area contributed by atoms with E-state index in [2.05, 4.69) is 22.2 Å². The van der Waals surface area contributed by atoms with Crippen molar-refractivity contribution in [2.45, 2.75) is 71.1 Å². The molecule has 1 fully saturated rings. The molecule has 8 heteroatoms. The van der Waals surface area contributed by atoms with Crippen LogP contribution in [0.5, 0.6) is 5.75 Å². The standard InChI is InChI=1S/C27H35NO6S/c1-17(6-4-5-15-28-27(32)33-3)23-16-22(29)24(26(31)34-23)25(30)18(2)7-11-20-13-14-21(35-20)12-10-19-8-9-19/h5,13-19,29H,4,6-12H2,1-3H3,(H,28,32)/b15-5+. The third-order valence-electron chi connectivity index (χ3n) is 6.44. The van der Waals surface area contributed by atoms with E-state index in [4.69, 9.17) is 4.42 Å². The van der Waals surface area contributed by atoms with Crippen molar-refractivity contribution in [1.29, 1.82) is 0 Å². The van der Waals surface area contributed by atoms with Crippen molar-refractivity contribution < 1.29 is 23.8 Å². The molecule has 1 aliphatic rings. The average Bonchev–Trinajstić information content (AvgIpc) is 3.56. The van der Waals surface area contributed by atoms with Gasteiger partial charge in [0.1, 0.15) is 17.1 Å². The number of allylic oxidation sites excluding steroid dienone is 1. The predicted molar refractivity (Wildman–Crippen MR) is 136 cm³/mol. The van der Waals surface area contributed by atoms with Crippen LogP contribution < -0.4 is 10.9 Å². The molecular formula is C27H35NO6S. The number of Topliss-reactive ketones (excluding diaryl/α,β-unsaturated/α-hetero) is 1. The van der Waals surface area contributed by atoms with Crippen LogP contribution in [0.4, 0.5) is 4.79 Å². The van der Waals surface area contributed by atoms with Crippen molar-refractivity contribution in [2.75, 3.05) is 7.11 Å². The van der Waals surface area contributed by atoms with Crippen molar-refractivity contribution in [2.24, 2.45) is 11.8 Å². The normalized spacial score (nSPS) is 15.2. The zero-order chi connectivity index (χ0) is 25.4. The number of amides is 1. The molecule has 0 bridgehead atoms. The van der Waals surface area contributed by atoms with E-state index in [0.29, 0.717) is 25.0 Å². The third-order valence-corrected chi connectivity index (χ3v) is 7.64. The maximum Gasteiger partial charge on any atom is 0.410 e. The molecule has 0 saturated heterocycles. The number of carbonyl (C=O) groups is 2. The van der Waals surface area contributed by atoms with E-state index in [-0.39, 0.29) is 17.2 Å². The summed E-state index contributed by atoms with van der Waals surface area (Å²) in [5, 5.41) is 12.9. The van der Waals surface area contributed by atoms with Crippen LogP contribution in [-0.4, -0.2) is 24.1 Å². The van der Waals surface area contributed by atoms with Crippen LogP contribution in [0.1, 0.15) is 84.2 Å². The molecule has 2 N–H and O–H groups in total. The number of thiophene rings is 1. The minimum atomic E-state index is -0.801. The quantitative estimate of drug-likeness (QED) is 0.328. The first-order valence-corrected chi connectivity index (χ1v) is 13.1. The van der Waals surface area contributed by atoms with Gasteiger partial charge in [-0.25, -0.2) is 9.59 Å². The number of aromatic hydroxyl groups is 1. The van der Waals surface area contributed by atoms with E-state index in [0.717, 1.165) is 18.8 Å². The minimum absolute atomic E-state index is 0.161. The molecule has 2 atom stereocenters. The fourth-order valence-corrected chi connectivity index (χ4v) is 4.96. The lowest BCUT2D eigenvalue weighted by atomic mass is 9.94. The summed E-state index contributed by atoms with van der Waals surface area (Å²) < 4.78 is 9.88. The van der Waals surface area contributed by atoms with Gasteiger partial charge < -0.3 is 14.3 Å². The summed E-state index contributed by atoms with van der Waals surface area (Å²) in [5.74, 6) is -0.0518. The topological polar surface area (TPSA) is 106 Å². The first kappa shape index (κ1) is 26.7. The first-order chi connectivity index (χ1) is 16.8. The van der Waals surface area contributed by atoms with Crippen molar-refractivity contribution in [3.8, 4) is 5.75 Å². The molecule has 2 aromatic heterocycles. The smallest absolute Gasteiger partial charge is 0.410 e. The van der Waals surface area contributed by atoms with Crippen LogP contribution in [0.15, 0.2) is 39.7 Å². The highest BCUT2D eigenvalue weighted by Crippen LogP contribution is 2.34. The second-order valence-electron chi connectivity index (χ2n) is 9.37. The summed E-state index contributed by atoms with van der Waals surface area (Å²) in [6.07, 6.45) is 10.4. The number of hydrogen-bond acceptors (Lipinski definition) is 7. The van der Waals surface area contributed by atoms with Crippen molar-refractivity contribution in [1.82, 2.24) is 5.32 Å². The zero-order valence-corrected chi connectivity index (χ0v) is 21.5. The van der Waals surface area contributed by atoms with E-state index in [1.807, 2.05) is 6.92 Å². The second kappa shape index (κ2) is 12.7. The van der Waals surface area contributed by atoms with E-state index in [9.17, 15) is 19.5 Å². The molecule has 0 aromatic carbocycles. The lowest BCUT2D eigenvalue weighted by Crippen LogP contribution is -2.21. The van der Waals surface area contributed by atoms with E-state index in [1.165, 1.54) is 48.4 Å². The van der Waals surface area contributed by atoms with E-state index in [1.54, 1.807) is 24.3 Å². The van der Waals surface area contributed by atoms with Gasteiger partial charge in [-0.15, -0.1) is 11.3 Å². The SMILES string of the molecule is COC(=O)N/C=C/CCC(C)c1cc(O)c(C(=O)C(C)CCc2ccc(CCC3CC3)s2)c(=O)o1. The molecule has 190 valence electrons. The van der Waals surface area contributed by atoms with Crippen molar-refractivity contribution in [3.63, 3.8) is 0 Å². The average molecular weight is 502 g/mol. The number of alkyl carbamates (subject to hydrolysis) is 1. The fourth-order valence-electron chi connectivity index (χ4n) is 3.91. The van der Waals surface area contributed by atoms with Gasteiger partial charge in [0, 0.05) is 33.9 Å². The summed E-state index contributed by atoms with van der Waals surface area (Å²) in [6.45, 7) is 3.65. The highest BCUT2D eigenvalue weighted by atomic mass is 32.1. The van der Waals surface area contributed by atoms with Gasteiger partial charge in [-0.1, -0.05) is 32.8 Å². The van der Waals surface area contributed by atoms with Crippen LogP contribution in [-0.2, 0) is 17.6 Å². The number of nitrogens with one attached hydrogen (secondary N) is 1. The van der Waals surface area contributed by atoms with Gasteiger partial charge in [-0.3, -0.25) is 10.1 Å². The van der Waals surface area contributed by atoms with Gasteiger partial charge in [-0.2, -0.15) is 0 Å². The molecule has 0 spiro atoms. The van der Waals surface area contributed by atoms with Crippen LogP contribution >= 0.6 is 11.3 Å². The Labute approximate surface area is 210 Å². The molecule has 35 heavy (non-hydrogen) atoms. The monoisotopic (exact) mass is 501 g/mol. The van der Waals surface area contributed by atoms with Gasteiger partial charge >= 0.3 is 11.7 Å². The number of ether oxygens (including phenoxy) is 1. The van der Waals surface area contributed by atoms with E-state index >= 15 is 0 Å². The van der Waals surface area contributed by atoms with Crippen LogP contribution in [0.25, 0.3) is 0 Å². The molecule has 1 amide bonds. The molecule has 7 nitrogen and oxygen atoms in total. The maximum atomic E-state index is 12.9. The van der Waals surface area contributed by atoms with Crippen molar-refractivity contribution >= 4 is 23.2 Å². The molecule has 2 heterocycles. The molecule has 3 rings (SSSR count). The number of carbonyl (C=O) groups excluding carboxylic acids is 2. The number of ketones is 1. The highest BCUT2D eigenvalue weighted by molar-refractivity contribution is 7.11. The van der Waals surface area contributed by atoms with Crippen molar-refractivity contribution in [3.05, 3.63) is 62.0 Å². The van der Waals surface area contributed by atoms with Crippen LogP contribution in [0.2, 0.25) is 0 Å². The Morgan fingerprint density at radius 2 is 1.94 bits per heavy atom. The largest absolute Gasteiger partial charge is 0.507 e. The number of methoxy groups -OCH3 is 1. The Morgan fingerprint density at radius 3 is 2.60 bits per heavy atom. The first-order valence-electron chi connectivity index (χ1n) is 12.3. The lowest BCUT2D eigenvalue weighted by Gasteiger charge is -2.13. The number of aryl methyl sites for hydroxylation is 2. The number of hydrogen-bond donors (Lipinski definition) is 2. The Bertz CT molecular complexity index is 1100. The fraction of sp³-hybridized carbons (Fsp3) is 0.519. The molecule has 0 radical (unpaired) electrons. The summed E-state index contributed by atoms with van der Waals surface area (Å²) in [6, 6.07) is 5.68. The third kappa shape index (κ3) is 8.09. The molecule has 1 aliphatic carbocycles. The Hall–Kier alpha value is -2.87. The highest BCUT2D eigenvalue weighted by Gasteiger charge is 2.25. The van der Waals surface area contributed by atoms with Gasteiger partial charge in [-0.05, 0) is 56.6 Å². The summed E-state index contributed by atoms with van der Waals surface area (Å²) in [4.78, 5) is 39.2. The summed E-state index contributed by atoms with van der Waals surface area (Å²) >= 11 is 1.80. The lowest BCUT2D eigenvalue weighted by molar-refractivity contribution is 0.0916. The maximum absolute atomic E-state index is 12.9. The molecule has 1 saturated carbocycles. The Morgan fingerprint density at radius 1 is 1.23 bits per heavy atom.